The van der Waals surface area contributed by atoms with E-state index in [0.29, 0.717) is 25.2 Å². The van der Waals surface area contributed by atoms with E-state index in [9.17, 15) is 19.2 Å². The molecular weight excluding hydrogens is 377 g/mol. The van der Waals surface area contributed by atoms with E-state index in [0.717, 1.165) is 18.5 Å². The van der Waals surface area contributed by atoms with Crippen LogP contribution >= 0.6 is 0 Å². The number of rotatable bonds is 5. The Labute approximate surface area is 169 Å². The zero-order valence-corrected chi connectivity index (χ0v) is 16.9. The highest BCUT2D eigenvalue weighted by molar-refractivity contribution is 5.91. The second-order valence-electron chi connectivity index (χ2n) is 8.04. The van der Waals surface area contributed by atoms with Crippen LogP contribution in [0, 0.1) is 23.1 Å². The van der Waals surface area contributed by atoms with Crippen molar-refractivity contribution in [2.75, 3.05) is 24.5 Å². The molecule has 0 aliphatic carbocycles. The molecule has 0 spiro atoms. The fraction of sp³-hybridized carbons (Fsp3) is 0.571. The van der Waals surface area contributed by atoms with E-state index in [1.165, 1.54) is 19.1 Å². The van der Waals surface area contributed by atoms with Gasteiger partial charge in [-0.05, 0) is 57.7 Å². The minimum absolute atomic E-state index is 0.239. The van der Waals surface area contributed by atoms with Crippen LogP contribution in [0.15, 0.2) is 18.2 Å². The molecule has 2 aliphatic heterocycles. The molecule has 8 heteroatoms. The number of nitrogens with one attached hydrogen (secondary N) is 1. The van der Waals surface area contributed by atoms with Gasteiger partial charge in [0.05, 0.1) is 11.3 Å². The molecule has 1 aromatic carbocycles. The SMILES string of the molecule is CC(=O)[C@@H]1OC(C)(C)O[C@H]1C(=O)NCC1CCN(c2ccc(F)cc2C#N)CC1. The van der Waals surface area contributed by atoms with Crippen LogP contribution < -0.4 is 10.2 Å². The number of anilines is 1. The Hall–Kier alpha value is -2.50. The fourth-order valence-corrected chi connectivity index (χ4v) is 3.85. The van der Waals surface area contributed by atoms with Crippen LogP contribution in [0.4, 0.5) is 10.1 Å². The molecule has 1 amide bonds. The maximum atomic E-state index is 13.3. The zero-order chi connectivity index (χ0) is 21.2. The van der Waals surface area contributed by atoms with E-state index in [2.05, 4.69) is 10.2 Å². The Bertz CT molecular complexity index is 828. The summed E-state index contributed by atoms with van der Waals surface area (Å²) in [5, 5.41) is 12.1. The van der Waals surface area contributed by atoms with E-state index in [4.69, 9.17) is 9.47 Å². The maximum Gasteiger partial charge on any atom is 0.252 e. The third kappa shape index (κ3) is 4.92. The molecule has 0 radical (unpaired) electrons. The van der Waals surface area contributed by atoms with E-state index >= 15 is 0 Å². The largest absolute Gasteiger partial charge is 0.370 e. The van der Waals surface area contributed by atoms with Crippen LogP contribution in [0.3, 0.4) is 0 Å². The summed E-state index contributed by atoms with van der Waals surface area (Å²) in [5.41, 5.74) is 1.06. The van der Waals surface area contributed by atoms with Gasteiger partial charge in [0.15, 0.2) is 23.8 Å². The first kappa shape index (κ1) is 21.2. The molecule has 29 heavy (non-hydrogen) atoms. The highest BCUT2D eigenvalue weighted by Gasteiger charge is 2.47. The molecule has 1 aromatic rings. The number of carbonyl (C=O) groups is 2. The van der Waals surface area contributed by atoms with Crippen molar-refractivity contribution in [2.24, 2.45) is 5.92 Å². The van der Waals surface area contributed by atoms with Crippen molar-refractivity contribution in [3.8, 4) is 6.07 Å². The summed E-state index contributed by atoms with van der Waals surface area (Å²) in [5.74, 6) is -1.71. The highest BCUT2D eigenvalue weighted by Crippen LogP contribution is 2.29. The molecule has 3 rings (SSSR count). The lowest BCUT2D eigenvalue weighted by molar-refractivity contribution is -0.158. The van der Waals surface area contributed by atoms with Crippen molar-refractivity contribution in [2.45, 2.75) is 51.6 Å². The summed E-state index contributed by atoms with van der Waals surface area (Å²) in [6.45, 7) is 6.65. The van der Waals surface area contributed by atoms with Gasteiger partial charge in [0.1, 0.15) is 11.9 Å². The van der Waals surface area contributed by atoms with Crippen molar-refractivity contribution in [3.63, 3.8) is 0 Å². The molecule has 0 aromatic heterocycles. The molecule has 0 unspecified atom stereocenters. The predicted octanol–water partition coefficient (Wildman–Crippen LogP) is 2.14. The van der Waals surface area contributed by atoms with Gasteiger partial charge in [0.25, 0.3) is 5.91 Å². The van der Waals surface area contributed by atoms with Gasteiger partial charge in [-0.25, -0.2) is 4.39 Å². The smallest absolute Gasteiger partial charge is 0.252 e. The lowest BCUT2D eigenvalue weighted by atomic mass is 9.95. The molecule has 2 fully saturated rings. The normalized spacial score (nSPS) is 24.2. The average molecular weight is 403 g/mol. The van der Waals surface area contributed by atoms with Crippen LogP contribution in [0.2, 0.25) is 0 Å². The lowest BCUT2D eigenvalue weighted by Gasteiger charge is -2.34. The average Bonchev–Trinajstić information content (AvgIpc) is 3.02. The molecule has 0 bridgehead atoms. The monoisotopic (exact) mass is 403 g/mol. The summed E-state index contributed by atoms with van der Waals surface area (Å²) in [7, 11) is 0. The second kappa shape index (κ2) is 8.47. The number of ether oxygens (including phenoxy) is 2. The van der Waals surface area contributed by atoms with Gasteiger partial charge in [0, 0.05) is 19.6 Å². The van der Waals surface area contributed by atoms with Crippen LogP contribution in [0.5, 0.6) is 0 Å². The molecule has 0 saturated carbocycles. The third-order valence-electron chi connectivity index (χ3n) is 5.35. The summed E-state index contributed by atoms with van der Waals surface area (Å²) in [6.07, 6.45) is -0.187. The third-order valence-corrected chi connectivity index (χ3v) is 5.35. The Morgan fingerprint density at radius 3 is 2.55 bits per heavy atom. The van der Waals surface area contributed by atoms with Gasteiger partial charge in [-0.3, -0.25) is 9.59 Å². The molecule has 2 heterocycles. The zero-order valence-electron chi connectivity index (χ0n) is 16.9. The van der Waals surface area contributed by atoms with Gasteiger partial charge in [-0.15, -0.1) is 0 Å². The van der Waals surface area contributed by atoms with Crippen LogP contribution in [0.1, 0.15) is 39.2 Å². The number of ketones is 1. The quantitative estimate of drug-likeness (QED) is 0.810. The Kier molecular flexibility index (Phi) is 6.20. The molecule has 2 saturated heterocycles. The number of carbonyl (C=O) groups excluding carboxylic acids is 2. The van der Waals surface area contributed by atoms with Gasteiger partial charge in [-0.1, -0.05) is 0 Å². The van der Waals surface area contributed by atoms with E-state index in [1.807, 2.05) is 6.07 Å². The molecular formula is C21H26FN3O4. The second-order valence-corrected chi connectivity index (χ2v) is 8.04. The van der Waals surface area contributed by atoms with E-state index in [1.54, 1.807) is 19.9 Å². The van der Waals surface area contributed by atoms with Gasteiger partial charge in [-0.2, -0.15) is 5.26 Å². The number of amides is 1. The summed E-state index contributed by atoms with van der Waals surface area (Å²) < 4.78 is 24.5. The maximum absolute atomic E-state index is 13.3. The van der Waals surface area contributed by atoms with E-state index in [-0.39, 0.29) is 17.6 Å². The van der Waals surface area contributed by atoms with Crippen molar-refractivity contribution >= 4 is 17.4 Å². The number of nitrogens with zero attached hydrogens (tertiary/aromatic N) is 2. The van der Waals surface area contributed by atoms with Crippen LogP contribution in [-0.4, -0.2) is 49.3 Å². The van der Waals surface area contributed by atoms with Gasteiger partial charge < -0.3 is 19.7 Å². The number of halogens is 1. The molecule has 1 N–H and O–H groups in total. The summed E-state index contributed by atoms with van der Waals surface area (Å²) in [6, 6.07) is 6.29. The summed E-state index contributed by atoms with van der Waals surface area (Å²) in [4.78, 5) is 26.4. The molecule has 156 valence electrons. The van der Waals surface area contributed by atoms with Crippen molar-refractivity contribution in [1.82, 2.24) is 5.32 Å². The number of hydrogen-bond acceptors (Lipinski definition) is 6. The lowest BCUT2D eigenvalue weighted by Crippen LogP contribution is -2.46. The molecule has 2 aliphatic rings. The molecule has 7 nitrogen and oxygen atoms in total. The van der Waals surface area contributed by atoms with Crippen molar-refractivity contribution in [3.05, 3.63) is 29.6 Å². The van der Waals surface area contributed by atoms with E-state index < -0.39 is 23.8 Å². The van der Waals surface area contributed by atoms with Crippen LogP contribution in [-0.2, 0) is 19.1 Å². The minimum atomic E-state index is -0.975. The van der Waals surface area contributed by atoms with Crippen molar-refractivity contribution < 1.29 is 23.5 Å². The molecule has 2 atom stereocenters. The fourth-order valence-electron chi connectivity index (χ4n) is 3.85. The predicted molar refractivity (Wildman–Crippen MR) is 104 cm³/mol. The first-order valence-electron chi connectivity index (χ1n) is 9.78. The number of hydrogen-bond donors (Lipinski definition) is 1. The minimum Gasteiger partial charge on any atom is -0.370 e. The van der Waals surface area contributed by atoms with Crippen molar-refractivity contribution in [1.29, 1.82) is 5.26 Å². The van der Waals surface area contributed by atoms with Crippen LogP contribution in [0.25, 0.3) is 0 Å². The highest BCUT2D eigenvalue weighted by atomic mass is 19.1. The summed E-state index contributed by atoms with van der Waals surface area (Å²) >= 11 is 0. The Morgan fingerprint density at radius 2 is 1.93 bits per heavy atom. The number of piperidine rings is 1. The first-order valence-corrected chi connectivity index (χ1v) is 9.78. The number of benzene rings is 1. The number of Topliss-reactive ketones (excluding diaryl/α,β-unsaturated/α-hetero) is 1. The standard InChI is InChI=1S/C21H26FN3O4/c1-13(26)18-19(29-21(2,3)28-18)20(27)24-12-14-6-8-25(9-7-14)17-5-4-16(22)10-15(17)11-23/h4-5,10,14,18-19H,6-9,12H2,1-3H3,(H,24,27)/t18-,19+/m0/s1. The number of nitriles is 1. The van der Waals surface area contributed by atoms with Gasteiger partial charge in [0.2, 0.25) is 0 Å². The Balaban J connectivity index is 1.52. The Morgan fingerprint density at radius 1 is 1.28 bits per heavy atom. The topological polar surface area (TPSA) is 91.7 Å². The van der Waals surface area contributed by atoms with Gasteiger partial charge >= 0.3 is 0 Å². The first-order chi connectivity index (χ1) is 13.7.